The molecule has 14 nitrogen and oxygen atoms in total. The second-order valence-electron chi connectivity index (χ2n) is 24.9. The zero-order valence-electron chi connectivity index (χ0n) is 65.6. The minimum atomic E-state index is -3.18. The molecule has 0 amide bonds. The summed E-state index contributed by atoms with van der Waals surface area (Å²) in [6, 6.07) is 85.0. The minimum Gasteiger partial charge on any atom is -1.00 e. The summed E-state index contributed by atoms with van der Waals surface area (Å²) >= 11 is 50.5. The van der Waals surface area contributed by atoms with E-state index in [0.29, 0.717) is 67.4 Å². The Hall–Kier alpha value is -5.79. The number of ether oxygens (including phenoxy) is 2. The average molecular weight is 2170 g/mol. The second-order valence-corrected chi connectivity index (χ2v) is 38.6. The van der Waals surface area contributed by atoms with Crippen molar-refractivity contribution in [2.24, 2.45) is 5.73 Å². The Kier molecular flexibility index (Phi) is 56.3. The Labute approximate surface area is 803 Å². The summed E-state index contributed by atoms with van der Waals surface area (Å²) in [5.74, 6) is -3.15. The summed E-state index contributed by atoms with van der Waals surface area (Å²) in [5.41, 5.74) is 14.0. The van der Waals surface area contributed by atoms with E-state index in [1.165, 1.54) is 12.8 Å². The number of hydrogen-bond donors (Lipinski definition) is 2. The van der Waals surface area contributed by atoms with Crippen LogP contribution in [0.3, 0.4) is 0 Å². The molecule has 1 saturated heterocycles. The van der Waals surface area contributed by atoms with Crippen LogP contribution in [0, 0.1) is 6.07 Å². The number of nitrogens with zero attached hydrogens (tertiary/aromatic N) is 6. The molecule has 0 bridgehead atoms. The van der Waals surface area contributed by atoms with Gasteiger partial charge >= 0.3 is 165 Å². The van der Waals surface area contributed by atoms with Gasteiger partial charge < -0.3 is 37.6 Å². The van der Waals surface area contributed by atoms with Crippen molar-refractivity contribution in [2.45, 2.75) is 57.1 Å². The number of aromatic nitrogens is 6. The van der Waals surface area contributed by atoms with Crippen LogP contribution >= 0.6 is 168 Å². The molecule has 3 N–H and O–H groups in total. The Morgan fingerprint density at radius 1 is 0.500 bits per heavy atom. The first-order chi connectivity index (χ1) is 57.0. The number of benzene rings is 7. The molecule has 6 aromatic heterocycles. The van der Waals surface area contributed by atoms with Gasteiger partial charge in [0.05, 0.1) is 6.10 Å². The van der Waals surface area contributed by atoms with E-state index < -0.39 is 12.1 Å². The van der Waals surface area contributed by atoms with E-state index in [1.54, 1.807) is 98.9 Å². The third-order valence-electron chi connectivity index (χ3n) is 16.3. The maximum atomic E-state index is 12.0. The predicted molar refractivity (Wildman–Crippen MR) is 517 cm³/mol. The van der Waals surface area contributed by atoms with Crippen LogP contribution in [0.15, 0.2) is 326 Å². The molecule has 1 aliphatic heterocycles. The fourth-order valence-corrected chi connectivity index (χ4v) is 19.2. The first kappa shape index (κ1) is 108. The van der Waals surface area contributed by atoms with Crippen LogP contribution in [-0.4, -0.2) is 123 Å². The van der Waals surface area contributed by atoms with Crippen LogP contribution in [0.25, 0.3) is 0 Å². The summed E-state index contributed by atoms with van der Waals surface area (Å²) in [5, 5.41) is 16.1. The van der Waals surface area contributed by atoms with Gasteiger partial charge in [0, 0.05) is 108 Å². The molecule has 29 heteroatoms. The fourth-order valence-electron chi connectivity index (χ4n) is 10.6. The van der Waals surface area contributed by atoms with E-state index in [-0.39, 0.29) is 47.3 Å². The number of carbonyl (C=O) groups excluding carboxylic acids is 4. The number of rotatable bonds is 19. The fraction of sp³-hybridized carbons (Fsp3) is 0.165. The monoisotopic (exact) mass is 2160 g/mol. The number of nitrogens with two attached hydrogens (primary N) is 1. The van der Waals surface area contributed by atoms with Crippen LogP contribution < -0.4 is 34.1 Å². The van der Waals surface area contributed by atoms with Gasteiger partial charge in [0.25, 0.3) is 0 Å². The SMILES string of the molecule is C1CCOC1.COCP(Cl)(c1ccccc1)(c1ccccc1)c1ccccc1.CPC.Clc1c[c-]ccc1.NC(Cc1cccnc1Br)c1cccc(Cl)c1.O=C(Cc1cccnc1Br)c1cccc(Cl)c1.O=CCc1cccnc1Br.O=CCc1cccnc1Br.O=Cc1cccnc1Br.OC(Cc1cccnc1Br)c1cccc(Cl)c1.[Cl-].[Mg+2]. The quantitative estimate of drug-likeness (QED) is 0.0193. The zero-order chi connectivity index (χ0) is 85.8. The molecule has 0 aliphatic carbocycles. The standard InChI is InChI=1S/C20H20ClOP.C13H12BrClN2.C13H11BrClNO.C13H9BrClNO.2C7H6BrNO.C6H4BrNO.C6H4Cl.C4H8O.C2H7P.ClH.Mg/c1-22-17-23(21,18-11-5-2-6-12-18,19-13-7-3-8-14-19)20-15-9-4-10-16-20;14-13-10(4-2-6-17-13)8-12(16)9-3-1-5-11(15)7-9;2*14-13-10(4-2-6-16-13)8-12(17)9-3-1-5-11(15)7-9;2*8-7-6(3-5-10)2-1-4-9-7;7-6-5(4-9)2-1-3-8-6;7-6-4-2-1-3-5-6;1-2-4-5-3-1;1-3-2;;/h2-16H,17H2,1H3;1-7,12H,8,16H2;1-7,12,17H,8H2;1-7H,8H2;2*1-2,4-5H,3H2;1-4H;1-2,4-5H;1-4H2;3H,1-2H3;1H;/q;;;;;;;-1;;;;+2/p-1. The summed E-state index contributed by atoms with van der Waals surface area (Å²) in [4.78, 5) is 66.5. The number of aliphatic hydroxyl groups excluding tert-OH is 1. The Morgan fingerprint density at radius 2 is 0.875 bits per heavy atom. The van der Waals surface area contributed by atoms with Crippen molar-refractivity contribution >= 4 is 231 Å². The summed E-state index contributed by atoms with van der Waals surface area (Å²) in [6.45, 7) is 6.31. The molecular formula is C91H87Br6Cl6MgN7O7P2. The number of carbonyl (C=O) groups is 4. The molecule has 14 rings (SSSR count). The van der Waals surface area contributed by atoms with Crippen LogP contribution in [0.4, 0.5) is 0 Å². The van der Waals surface area contributed by atoms with Gasteiger partial charge in [-0.15, -0.1) is 8.58 Å². The van der Waals surface area contributed by atoms with Crippen LogP contribution in [-0.2, 0) is 51.2 Å². The topological polar surface area (TPSA) is 210 Å². The van der Waals surface area contributed by atoms with Crippen molar-refractivity contribution < 1.29 is 46.2 Å². The van der Waals surface area contributed by atoms with Gasteiger partial charge in [-0.2, -0.15) is 41.9 Å². The molecule has 2 unspecified atom stereocenters. The maximum Gasteiger partial charge on any atom is 2.00 e. The van der Waals surface area contributed by atoms with Crippen LogP contribution in [0.2, 0.25) is 20.1 Å². The Bertz CT molecular complexity index is 4860. The van der Waals surface area contributed by atoms with E-state index in [9.17, 15) is 24.3 Å². The molecule has 1 aliphatic rings. The van der Waals surface area contributed by atoms with E-state index >= 15 is 0 Å². The number of aldehydes is 3. The Morgan fingerprint density at radius 3 is 1.22 bits per heavy atom. The van der Waals surface area contributed by atoms with E-state index in [2.05, 4.69) is 181 Å². The van der Waals surface area contributed by atoms with E-state index in [1.807, 2.05) is 170 Å². The van der Waals surface area contributed by atoms with Crippen LogP contribution in [0.5, 0.6) is 0 Å². The number of hydrogen-bond acceptors (Lipinski definition) is 14. The van der Waals surface area contributed by atoms with Gasteiger partial charge in [0.1, 0.15) is 40.2 Å². The van der Waals surface area contributed by atoms with Crippen molar-refractivity contribution in [1.29, 1.82) is 0 Å². The predicted octanol–water partition coefficient (Wildman–Crippen LogP) is 21.0. The largest absolute Gasteiger partial charge is 2.00 e. The molecule has 7 heterocycles. The number of Topliss-reactive ketones (excluding diaryl/α,β-unsaturated/α-hetero) is 1. The molecule has 13 aromatic rings. The van der Waals surface area contributed by atoms with Gasteiger partial charge in [0.15, 0.2) is 12.1 Å². The summed E-state index contributed by atoms with van der Waals surface area (Å²) in [7, 11) is 2.80. The smallest absolute Gasteiger partial charge is 1.00 e. The molecule has 1 fully saturated rings. The van der Waals surface area contributed by atoms with Crippen molar-refractivity contribution in [3.8, 4) is 0 Å². The molecule has 7 aromatic carbocycles. The van der Waals surface area contributed by atoms with E-state index in [0.717, 1.165) is 125 Å². The van der Waals surface area contributed by atoms with Gasteiger partial charge in [0.2, 0.25) is 0 Å². The molecule has 0 radical (unpaired) electrons. The van der Waals surface area contributed by atoms with Crippen molar-refractivity contribution in [3.05, 3.63) is 402 Å². The van der Waals surface area contributed by atoms with Gasteiger partial charge in [-0.3, -0.25) is 9.59 Å². The summed E-state index contributed by atoms with van der Waals surface area (Å²) in [6.07, 6.45) is 17.4. The number of methoxy groups -OCH3 is 1. The number of ketones is 1. The molecular weight excluding hydrogens is 2080 g/mol. The molecule has 624 valence electrons. The first-order valence-corrected chi connectivity index (χ1v) is 47.9. The first-order valence-electron chi connectivity index (χ1n) is 36.3. The average Bonchev–Trinajstić information content (AvgIpc) is 0.720. The van der Waals surface area contributed by atoms with Crippen LogP contribution in [0.1, 0.15) is 84.6 Å². The third-order valence-corrected chi connectivity index (χ3v) is 28.4. The normalized spacial score (nSPS) is 11.4. The molecule has 0 spiro atoms. The van der Waals surface area contributed by atoms with Gasteiger partial charge in [-0.1, -0.05) is 107 Å². The second kappa shape index (κ2) is 62.3. The number of pyridine rings is 6. The zero-order valence-corrected chi connectivity index (χ0v) is 83.0. The Balaban J connectivity index is 0.000000356. The van der Waals surface area contributed by atoms with Gasteiger partial charge in [-0.05, 0) is 246 Å². The molecule has 120 heavy (non-hydrogen) atoms. The van der Waals surface area contributed by atoms with Crippen molar-refractivity contribution in [2.75, 3.05) is 40.0 Å². The van der Waals surface area contributed by atoms with E-state index in [4.69, 9.17) is 72.9 Å². The van der Waals surface area contributed by atoms with Gasteiger partial charge in [-0.25, -0.2) is 29.9 Å². The summed E-state index contributed by atoms with van der Waals surface area (Å²) < 4.78 is 15.1. The number of aliphatic hydroxyl groups is 1. The maximum absolute atomic E-state index is 12.0. The minimum absolute atomic E-state index is 0. The van der Waals surface area contributed by atoms with Crippen molar-refractivity contribution in [1.82, 2.24) is 29.9 Å². The third kappa shape index (κ3) is 39.2. The van der Waals surface area contributed by atoms with Crippen molar-refractivity contribution in [3.63, 3.8) is 0 Å². The molecule has 2 atom stereocenters. The number of halogens is 12. The molecule has 0 saturated carbocycles.